The minimum atomic E-state index is -1.13. The second kappa shape index (κ2) is 5.80. The van der Waals surface area contributed by atoms with Crippen LogP contribution < -0.4 is 5.32 Å². The third-order valence-corrected chi connectivity index (χ3v) is 3.32. The second-order valence-corrected chi connectivity index (χ2v) is 4.89. The number of carboxylic acid groups (broad SMARTS) is 1. The number of nitrogens with zero attached hydrogens (tertiary/aromatic N) is 2. The SMILES string of the molecule is O=C(O)CNC(=O)c1ccc2nc(-c3ccccc3)n(O)c2c1. The first-order valence-corrected chi connectivity index (χ1v) is 6.83. The third-order valence-electron chi connectivity index (χ3n) is 3.32. The molecule has 116 valence electrons. The summed E-state index contributed by atoms with van der Waals surface area (Å²) in [4.78, 5) is 26.7. The Morgan fingerprint density at radius 1 is 1.13 bits per heavy atom. The van der Waals surface area contributed by atoms with Gasteiger partial charge < -0.3 is 15.6 Å². The lowest BCUT2D eigenvalue weighted by atomic mass is 10.2. The predicted molar refractivity (Wildman–Crippen MR) is 82.3 cm³/mol. The van der Waals surface area contributed by atoms with E-state index in [0.29, 0.717) is 16.9 Å². The fraction of sp³-hybridized carbons (Fsp3) is 0.0625. The Balaban J connectivity index is 1.99. The molecule has 3 rings (SSSR count). The minimum absolute atomic E-state index is 0.244. The van der Waals surface area contributed by atoms with Crippen molar-refractivity contribution in [2.45, 2.75) is 0 Å². The molecule has 0 saturated heterocycles. The van der Waals surface area contributed by atoms with Gasteiger partial charge in [0.25, 0.3) is 5.91 Å². The van der Waals surface area contributed by atoms with Gasteiger partial charge in [-0.3, -0.25) is 9.59 Å². The van der Waals surface area contributed by atoms with Crippen molar-refractivity contribution >= 4 is 22.9 Å². The van der Waals surface area contributed by atoms with Crippen LogP contribution >= 0.6 is 0 Å². The Morgan fingerprint density at radius 3 is 2.57 bits per heavy atom. The lowest BCUT2D eigenvalue weighted by Gasteiger charge is -2.03. The standard InChI is InChI=1S/C16H13N3O4/c20-14(21)9-17-16(22)11-6-7-12-13(8-11)19(23)15(18-12)10-4-2-1-3-5-10/h1-8,23H,9H2,(H,17,22)(H,20,21). The number of nitrogens with one attached hydrogen (secondary N) is 1. The summed E-state index contributed by atoms with van der Waals surface area (Å²) >= 11 is 0. The molecule has 0 radical (unpaired) electrons. The lowest BCUT2D eigenvalue weighted by Crippen LogP contribution is -2.29. The molecule has 1 aromatic heterocycles. The van der Waals surface area contributed by atoms with Gasteiger partial charge >= 0.3 is 5.97 Å². The molecule has 0 atom stereocenters. The number of aliphatic carboxylic acids is 1. The van der Waals surface area contributed by atoms with Crippen LogP contribution in [0.1, 0.15) is 10.4 Å². The van der Waals surface area contributed by atoms with Gasteiger partial charge in [-0.25, -0.2) is 4.98 Å². The highest BCUT2D eigenvalue weighted by Crippen LogP contribution is 2.24. The van der Waals surface area contributed by atoms with E-state index in [4.69, 9.17) is 5.11 Å². The number of carboxylic acids is 1. The Labute approximate surface area is 130 Å². The van der Waals surface area contributed by atoms with E-state index in [9.17, 15) is 14.8 Å². The van der Waals surface area contributed by atoms with Crippen molar-refractivity contribution < 1.29 is 19.9 Å². The average Bonchev–Trinajstić information content (AvgIpc) is 2.90. The monoisotopic (exact) mass is 311 g/mol. The van der Waals surface area contributed by atoms with Crippen molar-refractivity contribution in [1.82, 2.24) is 15.0 Å². The normalized spacial score (nSPS) is 10.6. The van der Waals surface area contributed by atoms with Gasteiger partial charge in [-0.05, 0) is 18.2 Å². The third kappa shape index (κ3) is 2.84. The molecule has 7 nitrogen and oxygen atoms in total. The van der Waals surface area contributed by atoms with Gasteiger partial charge in [0.2, 0.25) is 0 Å². The quantitative estimate of drug-likeness (QED) is 0.637. The molecule has 0 aliphatic rings. The molecule has 0 unspecified atom stereocenters. The number of imidazole rings is 1. The van der Waals surface area contributed by atoms with Crippen LogP contribution in [0.25, 0.3) is 22.4 Å². The number of amides is 1. The summed E-state index contributed by atoms with van der Waals surface area (Å²) in [6.07, 6.45) is 0. The number of rotatable bonds is 4. The number of benzene rings is 2. The molecule has 0 aliphatic carbocycles. The molecule has 7 heteroatoms. The molecule has 0 fully saturated rings. The zero-order valence-corrected chi connectivity index (χ0v) is 11.9. The van der Waals surface area contributed by atoms with Crippen molar-refractivity contribution in [3.8, 4) is 11.4 Å². The molecule has 3 N–H and O–H groups in total. The maximum atomic E-state index is 11.9. The van der Waals surface area contributed by atoms with Crippen LogP contribution in [0, 0.1) is 0 Å². The maximum Gasteiger partial charge on any atom is 0.322 e. The number of carbonyl (C=O) groups is 2. The highest BCUT2D eigenvalue weighted by atomic mass is 16.5. The number of aromatic nitrogens is 2. The smallest absolute Gasteiger partial charge is 0.322 e. The van der Waals surface area contributed by atoms with E-state index >= 15 is 0 Å². The summed E-state index contributed by atoms with van der Waals surface area (Å²) in [5.74, 6) is -1.29. The van der Waals surface area contributed by atoms with Gasteiger partial charge in [-0.1, -0.05) is 30.3 Å². The summed E-state index contributed by atoms with van der Waals surface area (Å²) < 4.78 is 0.915. The molecule has 1 amide bonds. The Morgan fingerprint density at radius 2 is 1.87 bits per heavy atom. The van der Waals surface area contributed by atoms with E-state index in [1.165, 1.54) is 12.1 Å². The van der Waals surface area contributed by atoms with Crippen LogP contribution in [0.3, 0.4) is 0 Å². The molecule has 0 saturated carbocycles. The summed E-state index contributed by atoms with van der Waals surface area (Å²) in [7, 11) is 0. The first-order valence-electron chi connectivity index (χ1n) is 6.83. The van der Waals surface area contributed by atoms with Gasteiger partial charge in [0.05, 0.1) is 5.52 Å². The Bertz CT molecular complexity index is 887. The molecule has 1 heterocycles. The van der Waals surface area contributed by atoms with E-state index in [0.717, 1.165) is 10.3 Å². The number of carbonyl (C=O) groups excluding carboxylic acids is 1. The summed E-state index contributed by atoms with van der Waals surface area (Å²) in [6.45, 7) is -0.468. The van der Waals surface area contributed by atoms with E-state index in [1.54, 1.807) is 6.07 Å². The average molecular weight is 311 g/mol. The van der Waals surface area contributed by atoms with E-state index in [2.05, 4.69) is 10.3 Å². The number of fused-ring (bicyclic) bond motifs is 1. The van der Waals surface area contributed by atoms with Crippen molar-refractivity contribution in [1.29, 1.82) is 0 Å². The Kier molecular flexibility index (Phi) is 3.68. The van der Waals surface area contributed by atoms with Gasteiger partial charge in [0.15, 0.2) is 5.82 Å². The van der Waals surface area contributed by atoms with E-state index in [-0.39, 0.29) is 5.56 Å². The number of hydrogen-bond acceptors (Lipinski definition) is 4. The first-order chi connectivity index (χ1) is 11.1. The molecule has 0 aliphatic heterocycles. The van der Waals surface area contributed by atoms with E-state index in [1.807, 2.05) is 30.3 Å². The van der Waals surface area contributed by atoms with Crippen molar-refractivity contribution in [2.75, 3.05) is 6.54 Å². The van der Waals surface area contributed by atoms with Gasteiger partial charge in [-0.2, -0.15) is 4.73 Å². The first kappa shape index (κ1) is 14.6. The van der Waals surface area contributed by atoms with Crippen LogP contribution in [0.4, 0.5) is 0 Å². The molecule has 0 bridgehead atoms. The fourth-order valence-corrected chi connectivity index (χ4v) is 2.24. The predicted octanol–water partition coefficient (Wildman–Crippen LogP) is 1.75. The fourth-order valence-electron chi connectivity index (χ4n) is 2.24. The zero-order chi connectivity index (χ0) is 16.4. The maximum absolute atomic E-state index is 11.9. The minimum Gasteiger partial charge on any atom is -0.480 e. The van der Waals surface area contributed by atoms with Gasteiger partial charge in [-0.15, -0.1) is 0 Å². The summed E-state index contributed by atoms with van der Waals surface area (Å²) in [5, 5.41) is 21.2. The van der Waals surface area contributed by atoms with Crippen LogP contribution in [0.5, 0.6) is 0 Å². The van der Waals surface area contributed by atoms with Crippen LogP contribution in [0.2, 0.25) is 0 Å². The molecule has 2 aromatic carbocycles. The molecular weight excluding hydrogens is 298 g/mol. The zero-order valence-electron chi connectivity index (χ0n) is 11.9. The summed E-state index contributed by atoms with van der Waals surface area (Å²) in [5.41, 5.74) is 1.88. The van der Waals surface area contributed by atoms with Gasteiger partial charge in [0.1, 0.15) is 12.1 Å². The molecule has 0 spiro atoms. The largest absolute Gasteiger partial charge is 0.480 e. The topological polar surface area (TPSA) is 104 Å². The van der Waals surface area contributed by atoms with Gasteiger partial charge in [0, 0.05) is 11.1 Å². The van der Waals surface area contributed by atoms with Crippen molar-refractivity contribution in [3.05, 3.63) is 54.1 Å². The van der Waals surface area contributed by atoms with Crippen LogP contribution in [-0.4, -0.2) is 38.4 Å². The van der Waals surface area contributed by atoms with Crippen molar-refractivity contribution in [2.24, 2.45) is 0 Å². The van der Waals surface area contributed by atoms with Crippen LogP contribution in [-0.2, 0) is 4.79 Å². The van der Waals surface area contributed by atoms with Crippen LogP contribution in [0.15, 0.2) is 48.5 Å². The van der Waals surface area contributed by atoms with Crippen molar-refractivity contribution in [3.63, 3.8) is 0 Å². The number of hydrogen-bond donors (Lipinski definition) is 3. The highest BCUT2D eigenvalue weighted by molar-refractivity contribution is 5.98. The molecule has 23 heavy (non-hydrogen) atoms. The lowest BCUT2D eigenvalue weighted by molar-refractivity contribution is -0.135. The molecular formula is C16H13N3O4. The Hall–Kier alpha value is -3.35. The highest BCUT2D eigenvalue weighted by Gasteiger charge is 2.14. The summed E-state index contributed by atoms with van der Waals surface area (Å²) in [6, 6.07) is 13.7. The van der Waals surface area contributed by atoms with E-state index < -0.39 is 18.4 Å². The second-order valence-electron chi connectivity index (χ2n) is 4.89. The molecule has 3 aromatic rings.